The number of hydrogen-bond donors (Lipinski definition) is 0. The van der Waals surface area contributed by atoms with Gasteiger partial charge in [-0.05, 0) is 17.5 Å². The lowest BCUT2D eigenvalue weighted by Gasteiger charge is -2.19. The molecule has 0 aromatic heterocycles. The van der Waals surface area contributed by atoms with E-state index in [-0.39, 0.29) is 0 Å². The Balaban J connectivity index is 1.86. The minimum Gasteiger partial charge on any atom is -0.302 e. The van der Waals surface area contributed by atoms with Gasteiger partial charge in [-0.15, -0.1) is 0 Å². The lowest BCUT2D eigenvalue weighted by molar-refractivity contribution is -0.138. The zero-order chi connectivity index (χ0) is 12.6. The summed E-state index contributed by atoms with van der Waals surface area (Å²) in [6, 6.07) is 20.9. The maximum Gasteiger partial charge on any atom is 0.0575 e. The van der Waals surface area contributed by atoms with Crippen LogP contribution in [0.4, 0.5) is 0 Å². The zero-order valence-corrected chi connectivity index (χ0v) is 10.8. The van der Waals surface area contributed by atoms with E-state index in [0.29, 0.717) is 0 Å². The molecule has 0 radical (unpaired) electrons. The average Bonchev–Trinajstić information content (AvgIpc) is 2.45. The quantitative estimate of drug-likeness (QED) is 0.720. The zero-order valence-electron chi connectivity index (χ0n) is 10.8. The number of rotatable bonds is 6. The topological polar surface area (TPSA) is 12.5 Å². The van der Waals surface area contributed by atoms with Gasteiger partial charge in [-0.1, -0.05) is 60.7 Å². The highest BCUT2D eigenvalue weighted by molar-refractivity contribution is 5.16. The van der Waals surface area contributed by atoms with Crippen LogP contribution in [0.5, 0.6) is 0 Å². The molecule has 2 aromatic carbocycles. The van der Waals surface area contributed by atoms with Crippen molar-refractivity contribution in [3.8, 4) is 0 Å². The van der Waals surface area contributed by atoms with Crippen LogP contribution in [0, 0.1) is 0 Å². The SMILES string of the molecule is CON(CCc1ccccc1)Cc1ccccc1. The largest absolute Gasteiger partial charge is 0.302 e. The Bertz CT molecular complexity index is 441. The number of hydrogen-bond acceptors (Lipinski definition) is 2. The van der Waals surface area contributed by atoms with E-state index >= 15 is 0 Å². The summed E-state index contributed by atoms with van der Waals surface area (Å²) in [5.74, 6) is 0. The molecule has 94 valence electrons. The molecule has 0 amide bonds. The Morgan fingerprint density at radius 1 is 0.833 bits per heavy atom. The van der Waals surface area contributed by atoms with Crippen LogP contribution in [0.15, 0.2) is 60.7 Å². The van der Waals surface area contributed by atoms with Gasteiger partial charge in [0, 0.05) is 13.1 Å². The van der Waals surface area contributed by atoms with Crippen LogP contribution >= 0.6 is 0 Å². The molecule has 0 heterocycles. The van der Waals surface area contributed by atoms with E-state index in [1.165, 1.54) is 11.1 Å². The molecule has 18 heavy (non-hydrogen) atoms. The summed E-state index contributed by atoms with van der Waals surface area (Å²) in [6.45, 7) is 1.72. The van der Waals surface area contributed by atoms with Crippen molar-refractivity contribution in [1.29, 1.82) is 0 Å². The van der Waals surface area contributed by atoms with Gasteiger partial charge >= 0.3 is 0 Å². The third-order valence-electron chi connectivity index (χ3n) is 2.95. The lowest BCUT2D eigenvalue weighted by Crippen LogP contribution is -2.24. The second-order valence-corrected chi connectivity index (χ2v) is 4.27. The van der Waals surface area contributed by atoms with Gasteiger partial charge in [-0.25, -0.2) is 0 Å². The summed E-state index contributed by atoms with van der Waals surface area (Å²) >= 11 is 0. The fourth-order valence-corrected chi connectivity index (χ4v) is 1.92. The van der Waals surface area contributed by atoms with E-state index in [1.807, 2.05) is 17.2 Å². The maximum absolute atomic E-state index is 5.41. The van der Waals surface area contributed by atoms with Crippen LogP contribution in [0.1, 0.15) is 11.1 Å². The number of hydroxylamine groups is 2. The molecular formula is C16H19NO. The van der Waals surface area contributed by atoms with Gasteiger partial charge in [0.05, 0.1) is 7.11 Å². The van der Waals surface area contributed by atoms with Crippen LogP contribution < -0.4 is 0 Å². The van der Waals surface area contributed by atoms with Crippen molar-refractivity contribution in [2.75, 3.05) is 13.7 Å². The molecule has 0 unspecified atom stereocenters. The van der Waals surface area contributed by atoms with Crippen molar-refractivity contribution < 1.29 is 4.84 Å². The molecular weight excluding hydrogens is 222 g/mol. The predicted octanol–water partition coefficient (Wildman–Crippen LogP) is 3.29. The third kappa shape index (κ3) is 3.99. The molecule has 2 nitrogen and oxygen atoms in total. The van der Waals surface area contributed by atoms with E-state index in [2.05, 4.69) is 48.5 Å². The fraction of sp³-hybridized carbons (Fsp3) is 0.250. The molecule has 0 saturated carbocycles. The predicted molar refractivity (Wildman–Crippen MR) is 74.0 cm³/mol. The second-order valence-electron chi connectivity index (χ2n) is 4.27. The van der Waals surface area contributed by atoms with Crippen LogP contribution in [-0.4, -0.2) is 18.7 Å². The smallest absolute Gasteiger partial charge is 0.0575 e. The summed E-state index contributed by atoms with van der Waals surface area (Å²) in [7, 11) is 1.73. The monoisotopic (exact) mass is 241 g/mol. The van der Waals surface area contributed by atoms with Crippen LogP contribution in [-0.2, 0) is 17.8 Å². The molecule has 2 rings (SSSR count). The second kappa shape index (κ2) is 6.94. The Morgan fingerprint density at radius 2 is 1.39 bits per heavy atom. The van der Waals surface area contributed by atoms with Crippen molar-refractivity contribution in [3.05, 3.63) is 71.8 Å². The van der Waals surface area contributed by atoms with Gasteiger partial charge in [0.25, 0.3) is 0 Å². The number of nitrogens with zero attached hydrogens (tertiary/aromatic N) is 1. The molecule has 2 aromatic rings. The minimum atomic E-state index is 0.824. The highest BCUT2D eigenvalue weighted by Crippen LogP contribution is 2.06. The lowest BCUT2D eigenvalue weighted by atomic mass is 10.1. The number of benzene rings is 2. The Labute approximate surface area is 109 Å². The van der Waals surface area contributed by atoms with E-state index in [4.69, 9.17) is 4.84 Å². The van der Waals surface area contributed by atoms with Gasteiger partial charge in [0.2, 0.25) is 0 Å². The van der Waals surface area contributed by atoms with Crippen LogP contribution in [0.25, 0.3) is 0 Å². The van der Waals surface area contributed by atoms with Gasteiger partial charge in [-0.2, -0.15) is 5.06 Å². The standard InChI is InChI=1S/C16H19NO/c1-18-17(14-16-10-6-3-7-11-16)13-12-15-8-4-2-5-9-15/h2-11H,12-14H2,1H3. The maximum atomic E-state index is 5.41. The molecule has 0 bridgehead atoms. The first-order valence-corrected chi connectivity index (χ1v) is 6.25. The van der Waals surface area contributed by atoms with E-state index < -0.39 is 0 Å². The molecule has 0 aliphatic rings. The molecule has 0 spiro atoms. The van der Waals surface area contributed by atoms with E-state index in [1.54, 1.807) is 7.11 Å². The molecule has 0 atom stereocenters. The van der Waals surface area contributed by atoms with Gasteiger partial charge < -0.3 is 4.84 Å². The van der Waals surface area contributed by atoms with Crippen LogP contribution in [0.2, 0.25) is 0 Å². The normalized spacial score (nSPS) is 10.8. The molecule has 2 heteroatoms. The summed E-state index contributed by atoms with van der Waals surface area (Å²) < 4.78 is 0. The van der Waals surface area contributed by atoms with Crippen molar-refractivity contribution in [1.82, 2.24) is 5.06 Å². The van der Waals surface area contributed by atoms with Crippen LogP contribution in [0.3, 0.4) is 0 Å². The Hall–Kier alpha value is -1.64. The highest BCUT2D eigenvalue weighted by atomic mass is 16.7. The summed E-state index contributed by atoms with van der Waals surface area (Å²) in [5.41, 5.74) is 2.61. The first kappa shape index (κ1) is 12.8. The Morgan fingerprint density at radius 3 is 1.94 bits per heavy atom. The van der Waals surface area contributed by atoms with Crippen molar-refractivity contribution >= 4 is 0 Å². The first-order chi connectivity index (χ1) is 8.88. The van der Waals surface area contributed by atoms with E-state index in [0.717, 1.165) is 19.5 Å². The average molecular weight is 241 g/mol. The highest BCUT2D eigenvalue weighted by Gasteiger charge is 2.04. The van der Waals surface area contributed by atoms with Crippen molar-refractivity contribution in [3.63, 3.8) is 0 Å². The van der Waals surface area contributed by atoms with Gasteiger partial charge in [0.1, 0.15) is 0 Å². The first-order valence-electron chi connectivity index (χ1n) is 6.25. The van der Waals surface area contributed by atoms with Crippen molar-refractivity contribution in [2.45, 2.75) is 13.0 Å². The van der Waals surface area contributed by atoms with Gasteiger partial charge in [-0.3, -0.25) is 0 Å². The molecule has 0 saturated heterocycles. The van der Waals surface area contributed by atoms with E-state index in [9.17, 15) is 0 Å². The molecule has 0 aliphatic heterocycles. The third-order valence-corrected chi connectivity index (χ3v) is 2.95. The summed E-state index contributed by atoms with van der Waals surface area (Å²) in [5, 5.41) is 1.99. The van der Waals surface area contributed by atoms with Crippen molar-refractivity contribution in [2.24, 2.45) is 0 Å². The molecule has 0 fully saturated rings. The summed E-state index contributed by atoms with van der Waals surface area (Å²) in [6.07, 6.45) is 1.00. The summed E-state index contributed by atoms with van der Waals surface area (Å²) in [4.78, 5) is 5.41. The van der Waals surface area contributed by atoms with Gasteiger partial charge in [0.15, 0.2) is 0 Å². The minimum absolute atomic E-state index is 0.824. The fourth-order valence-electron chi connectivity index (χ4n) is 1.92. The molecule has 0 aliphatic carbocycles. The molecule has 0 N–H and O–H groups in total. The Kier molecular flexibility index (Phi) is 4.94.